The minimum absolute atomic E-state index is 0.0471. The van der Waals surface area contributed by atoms with E-state index in [0.717, 1.165) is 17.9 Å². The first-order valence-electron chi connectivity index (χ1n) is 6.79. The number of carbonyl (C=O) groups is 1. The fourth-order valence-corrected chi connectivity index (χ4v) is 3.78. The molecule has 0 amide bonds. The molecule has 0 aliphatic carbocycles. The van der Waals surface area contributed by atoms with Gasteiger partial charge in [-0.2, -0.15) is 11.8 Å². The summed E-state index contributed by atoms with van der Waals surface area (Å²) in [6.07, 6.45) is 3.16. The molecule has 1 saturated heterocycles. The second-order valence-electron chi connectivity index (χ2n) is 4.92. The molecule has 2 heterocycles. The zero-order valence-electron chi connectivity index (χ0n) is 11.8. The normalized spacial score (nSPS) is 26.8. The van der Waals surface area contributed by atoms with E-state index < -0.39 is 11.6 Å². The summed E-state index contributed by atoms with van der Waals surface area (Å²) in [4.78, 5) is 17.3. The number of aliphatic hydroxyl groups is 1. The summed E-state index contributed by atoms with van der Waals surface area (Å²) in [5.74, 6) is 1.20. The Labute approximate surface area is 133 Å². The lowest BCUT2D eigenvalue weighted by Crippen LogP contribution is -2.41. The number of ether oxygens (including phenoxy) is 1. The Morgan fingerprint density at radius 1 is 1.67 bits per heavy atom. The van der Waals surface area contributed by atoms with E-state index >= 15 is 0 Å². The van der Waals surface area contributed by atoms with Crippen LogP contribution in [0, 0.1) is 0 Å². The largest absolute Gasteiger partial charge is 0.511 e. The van der Waals surface area contributed by atoms with Crippen molar-refractivity contribution in [3.8, 4) is 0 Å². The number of aliphatic hydroxyl groups excluding tert-OH is 1. The van der Waals surface area contributed by atoms with Crippen LogP contribution in [0.15, 0.2) is 28.1 Å². The van der Waals surface area contributed by atoms with Crippen LogP contribution in [0.4, 0.5) is 0 Å². The summed E-state index contributed by atoms with van der Waals surface area (Å²) in [5.41, 5.74) is 1.31. The minimum Gasteiger partial charge on any atom is -0.511 e. The molecule has 0 radical (unpaired) electrons. The third-order valence-corrected chi connectivity index (χ3v) is 4.82. The number of hydrogen-bond acceptors (Lipinski definition) is 6. The predicted octanol–water partition coefficient (Wildman–Crippen LogP) is 3.16. The van der Waals surface area contributed by atoms with Gasteiger partial charge < -0.3 is 14.7 Å². The number of oxime groups is 1. The molecule has 2 aliphatic rings. The molecule has 2 rings (SSSR count). The van der Waals surface area contributed by atoms with Crippen LogP contribution >= 0.6 is 23.4 Å². The molecule has 1 spiro atoms. The molecule has 2 aliphatic heterocycles. The highest BCUT2D eigenvalue weighted by Crippen LogP contribution is 2.40. The van der Waals surface area contributed by atoms with Gasteiger partial charge in [-0.25, -0.2) is 4.79 Å². The predicted molar refractivity (Wildman–Crippen MR) is 83.7 cm³/mol. The van der Waals surface area contributed by atoms with E-state index in [9.17, 15) is 9.90 Å². The third-order valence-electron chi connectivity index (χ3n) is 3.42. The lowest BCUT2D eigenvalue weighted by molar-refractivity contribution is -0.155. The van der Waals surface area contributed by atoms with Crippen LogP contribution in [-0.2, 0) is 14.4 Å². The van der Waals surface area contributed by atoms with Gasteiger partial charge in [-0.15, -0.1) is 0 Å². The maximum absolute atomic E-state index is 12.2. The van der Waals surface area contributed by atoms with E-state index in [1.165, 1.54) is 5.54 Å². The van der Waals surface area contributed by atoms with E-state index in [1.807, 2.05) is 6.92 Å². The number of nitrogens with zero attached hydrogens (tertiary/aromatic N) is 1. The van der Waals surface area contributed by atoms with Crippen LogP contribution < -0.4 is 0 Å². The van der Waals surface area contributed by atoms with E-state index in [0.29, 0.717) is 18.6 Å². The molecule has 116 valence electrons. The number of esters is 1. The number of thioether (sulfide) groups is 1. The van der Waals surface area contributed by atoms with Gasteiger partial charge in [0.2, 0.25) is 0 Å². The Morgan fingerprint density at radius 3 is 3.05 bits per heavy atom. The van der Waals surface area contributed by atoms with Gasteiger partial charge in [0.1, 0.15) is 23.5 Å². The van der Waals surface area contributed by atoms with Gasteiger partial charge >= 0.3 is 5.97 Å². The molecule has 0 saturated carbocycles. The highest BCUT2D eigenvalue weighted by molar-refractivity contribution is 7.99. The topological polar surface area (TPSA) is 68.1 Å². The lowest BCUT2D eigenvalue weighted by Gasteiger charge is -2.33. The van der Waals surface area contributed by atoms with Crippen molar-refractivity contribution in [2.24, 2.45) is 5.16 Å². The minimum atomic E-state index is -0.545. The smallest absolute Gasteiger partial charge is 0.344 e. The van der Waals surface area contributed by atoms with Crippen molar-refractivity contribution >= 4 is 35.0 Å². The molecule has 0 bridgehead atoms. The fraction of sp³-hybridized carbons (Fsp3) is 0.571. The fourth-order valence-electron chi connectivity index (χ4n) is 2.37. The van der Waals surface area contributed by atoms with Gasteiger partial charge in [-0.1, -0.05) is 23.7 Å². The lowest BCUT2D eigenvalue weighted by atomic mass is 9.91. The van der Waals surface area contributed by atoms with Crippen LogP contribution in [0.1, 0.15) is 26.2 Å². The first kappa shape index (κ1) is 16.2. The van der Waals surface area contributed by atoms with Crippen molar-refractivity contribution in [2.45, 2.75) is 31.8 Å². The number of hydrogen-bond donors (Lipinski definition) is 1. The zero-order valence-corrected chi connectivity index (χ0v) is 13.4. The van der Waals surface area contributed by atoms with Gasteiger partial charge in [-0.3, -0.25) is 0 Å². The number of halogens is 1. The summed E-state index contributed by atoms with van der Waals surface area (Å²) in [6.45, 7) is 2.04. The molecule has 21 heavy (non-hydrogen) atoms. The monoisotopic (exact) mass is 331 g/mol. The third kappa shape index (κ3) is 3.74. The van der Waals surface area contributed by atoms with Crippen LogP contribution in [0.2, 0.25) is 0 Å². The Kier molecular flexibility index (Phi) is 5.58. The zero-order chi connectivity index (χ0) is 15.3. The van der Waals surface area contributed by atoms with Crippen LogP contribution in [0.5, 0.6) is 0 Å². The Bertz CT molecular complexity index is 495. The summed E-state index contributed by atoms with van der Waals surface area (Å²) in [7, 11) is 0. The van der Waals surface area contributed by atoms with Gasteiger partial charge in [0, 0.05) is 17.7 Å². The second-order valence-corrected chi connectivity index (χ2v) is 6.28. The van der Waals surface area contributed by atoms with Crippen molar-refractivity contribution in [3.05, 3.63) is 22.9 Å². The average Bonchev–Trinajstić information content (AvgIpc) is 2.88. The van der Waals surface area contributed by atoms with Crippen molar-refractivity contribution in [1.82, 2.24) is 0 Å². The average molecular weight is 332 g/mol. The standard InChI is InChI=1S/C14H18ClNO4S/c1-2-10(16-19-6-3-5-15)12-11(17)8-14(20-13(12)18)4-7-21-9-14/h3,5,17H,2,4,6-9H2,1H3. The van der Waals surface area contributed by atoms with Crippen molar-refractivity contribution < 1.29 is 19.5 Å². The van der Waals surface area contributed by atoms with E-state index in [2.05, 4.69) is 5.16 Å². The summed E-state index contributed by atoms with van der Waals surface area (Å²) < 4.78 is 5.58. The van der Waals surface area contributed by atoms with Gasteiger partial charge in [-0.05, 0) is 24.7 Å². The SMILES string of the molecule is CCC(=NOCC=CCl)C1=C(O)CC2(CCSC2)OC1=O. The van der Waals surface area contributed by atoms with E-state index in [4.69, 9.17) is 21.2 Å². The van der Waals surface area contributed by atoms with Gasteiger partial charge in [0.05, 0.1) is 5.71 Å². The highest BCUT2D eigenvalue weighted by atomic mass is 35.5. The molecule has 0 aromatic rings. The van der Waals surface area contributed by atoms with Crippen molar-refractivity contribution in [2.75, 3.05) is 18.1 Å². The maximum atomic E-state index is 12.2. The maximum Gasteiger partial charge on any atom is 0.344 e. The number of rotatable bonds is 5. The van der Waals surface area contributed by atoms with Crippen molar-refractivity contribution in [1.29, 1.82) is 0 Å². The Morgan fingerprint density at radius 2 is 2.48 bits per heavy atom. The Hall–Kier alpha value is -1.14. The highest BCUT2D eigenvalue weighted by Gasteiger charge is 2.45. The van der Waals surface area contributed by atoms with Gasteiger partial charge in [0.25, 0.3) is 0 Å². The second kappa shape index (κ2) is 7.22. The van der Waals surface area contributed by atoms with Crippen LogP contribution in [0.3, 0.4) is 0 Å². The van der Waals surface area contributed by atoms with Crippen LogP contribution in [-0.4, -0.2) is 40.5 Å². The quantitative estimate of drug-likeness (QED) is 0.363. The molecule has 1 atom stereocenters. The molecule has 5 nitrogen and oxygen atoms in total. The molecule has 1 unspecified atom stereocenters. The van der Waals surface area contributed by atoms with Gasteiger partial charge in [0.15, 0.2) is 0 Å². The molecule has 0 aromatic heterocycles. The van der Waals surface area contributed by atoms with E-state index in [1.54, 1.807) is 17.8 Å². The first-order valence-corrected chi connectivity index (χ1v) is 8.38. The summed E-state index contributed by atoms with van der Waals surface area (Å²) in [5, 5.41) is 14.2. The Balaban J connectivity index is 2.18. The molecule has 1 N–H and O–H groups in total. The molecule has 7 heteroatoms. The molecule has 1 fully saturated rings. The summed E-state index contributed by atoms with van der Waals surface area (Å²) in [6, 6.07) is 0. The number of carbonyl (C=O) groups excluding carboxylic acids is 1. The van der Waals surface area contributed by atoms with E-state index in [-0.39, 0.29) is 17.9 Å². The summed E-state index contributed by atoms with van der Waals surface area (Å²) >= 11 is 7.11. The molecule has 0 aromatic carbocycles. The molecular weight excluding hydrogens is 314 g/mol. The van der Waals surface area contributed by atoms with Crippen molar-refractivity contribution in [3.63, 3.8) is 0 Å². The molecular formula is C14H18ClNO4S. The first-order chi connectivity index (χ1) is 10.1. The van der Waals surface area contributed by atoms with Crippen LogP contribution in [0.25, 0.3) is 0 Å².